The third-order valence-electron chi connectivity index (χ3n) is 1.80. The lowest BCUT2D eigenvalue weighted by atomic mass is 10.1. The molecule has 0 atom stereocenters. The number of aliphatic carboxylic acids is 1. The molecule has 0 heterocycles. The molecule has 0 fully saturated rings. The summed E-state index contributed by atoms with van der Waals surface area (Å²) >= 11 is 0. The average Bonchev–Trinajstić information content (AvgIpc) is 2.13. The second-order valence-electron chi connectivity index (χ2n) is 3.18. The van der Waals surface area contributed by atoms with Crippen molar-refractivity contribution < 1.29 is 32.7 Å². The summed E-state index contributed by atoms with van der Waals surface area (Å²) in [6.45, 7) is 0. The van der Waals surface area contributed by atoms with E-state index in [1.165, 1.54) is 0 Å². The van der Waals surface area contributed by atoms with Crippen molar-refractivity contribution in [1.29, 1.82) is 0 Å². The fraction of sp³-hybridized carbons (Fsp3) is 0.222. The topological polar surface area (TPSA) is 89.7 Å². The monoisotopic (exact) mass is 265 g/mol. The fourth-order valence-electron chi connectivity index (χ4n) is 1.20. The molecule has 9 heteroatoms. The number of carboxylic acids is 1. The molecule has 0 unspecified atom stereocenters. The Kier molecular flexibility index (Phi) is 3.74. The van der Waals surface area contributed by atoms with Crippen LogP contribution in [0.2, 0.25) is 0 Å². The number of carboxylic acid groups (broad SMARTS) is 1. The minimum absolute atomic E-state index is 0.0349. The predicted molar refractivity (Wildman–Crippen MR) is 51.1 cm³/mol. The van der Waals surface area contributed by atoms with Crippen LogP contribution in [0.5, 0.6) is 5.75 Å². The van der Waals surface area contributed by atoms with Gasteiger partial charge in [0, 0.05) is 6.07 Å². The van der Waals surface area contributed by atoms with Gasteiger partial charge in [0.1, 0.15) is 0 Å². The molecular formula is C9H6F3NO5. The summed E-state index contributed by atoms with van der Waals surface area (Å²) in [6.07, 6.45) is -5.65. The van der Waals surface area contributed by atoms with Crippen molar-refractivity contribution in [1.82, 2.24) is 0 Å². The van der Waals surface area contributed by atoms with Gasteiger partial charge in [-0.05, 0) is 11.6 Å². The molecule has 0 aliphatic rings. The number of carbonyl (C=O) groups is 1. The van der Waals surface area contributed by atoms with Crippen LogP contribution in [0.15, 0.2) is 18.2 Å². The number of nitrogens with zero attached hydrogens (tertiary/aromatic N) is 1. The molecule has 0 aliphatic carbocycles. The van der Waals surface area contributed by atoms with Crippen molar-refractivity contribution >= 4 is 11.7 Å². The highest BCUT2D eigenvalue weighted by atomic mass is 19.4. The molecule has 0 spiro atoms. The first-order chi connectivity index (χ1) is 8.19. The maximum absolute atomic E-state index is 12.0. The summed E-state index contributed by atoms with van der Waals surface area (Å²) in [7, 11) is 0. The Labute approximate surface area is 97.7 Å². The van der Waals surface area contributed by atoms with Gasteiger partial charge in [-0.25, -0.2) is 0 Å². The standard InChI is InChI=1S/C9H6F3NO5/c10-9(11,12)18-7-3-5(4-8(14)15)1-2-6(7)13(16)17/h1-3H,4H2,(H,14,15). The number of ether oxygens (including phenoxy) is 1. The molecule has 0 saturated heterocycles. The van der Waals surface area contributed by atoms with Gasteiger partial charge in [0.2, 0.25) is 5.75 Å². The molecule has 18 heavy (non-hydrogen) atoms. The van der Waals surface area contributed by atoms with Crippen LogP contribution in [0.3, 0.4) is 0 Å². The van der Waals surface area contributed by atoms with E-state index in [-0.39, 0.29) is 5.56 Å². The average molecular weight is 265 g/mol. The molecule has 1 rings (SSSR count). The van der Waals surface area contributed by atoms with Gasteiger partial charge >= 0.3 is 18.0 Å². The van der Waals surface area contributed by atoms with E-state index in [9.17, 15) is 28.1 Å². The first kappa shape index (κ1) is 13.7. The molecule has 0 amide bonds. The van der Waals surface area contributed by atoms with Crippen LogP contribution in [0.1, 0.15) is 5.56 Å². The van der Waals surface area contributed by atoms with Crippen molar-refractivity contribution in [3.63, 3.8) is 0 Å². The van der Waals surface area contributed by atoms with E-state index in [2.05, 4.69) is 4.74 Å². The Morgan fingerprint density at radius 3 is 2.50 bits per heavy atom. The number of nitro benzene ring substituents is 1. The third-order valence-corrected chi connectivity index (χ3v) is 1.80. The zero-order chi connectivity index (χ0) is 13.9. The number of hydrogen-bond donors (Lipinski definition) is 1. The summed E-state index contributed by atoms with van der Waals surface area (Å²) in [5.41, 5.74) is -0.922. The van der Waals surface area contributed by atoms with Crippen LogP contribution >= 0.6 is 0 Å². The van der Waals surface area contributed by atoms with Gasteiger partial charge in [-0.15, -0.1) is 13.2 Å². The Bertz CT molecular complexity index is 486. The van der Waals surface area contributed by atoms with Gasteiger partial charge in [0.05, 0.1) is 11.3 Å². The lowest BCUT2D eigenvalue weighted by Gasteiger charge is -2.09. The minimum atomic E-state index is -5.09. The molecule has 1 aromatic rings. The van der Waals surface area contributed by atoms with Crippen molar-refractivity contribution in [2.75, 3.05) is 0 Å². The normalized spacial score (nSPS) is 11.1. The molecule has 0 bridgehead atoms. The van der Waals surface area contributed by atoms with E-state index < -0.39 is 35.1 Å². The molecule has 0 saturated carbocycles. The Hall–Kier alpha value is -2.32. The third kappa shape index (κ3) is 3.92. The molecule has 0 aromatic heterocycles. The Balaban J connectivity index is 3.15. The lowest BCUT2D eigenvalue weighted by Crippen LogP contribution is -2.18. The van der Waals surface area contributed by atoms with E-state index in [1.54, 1.807) is 0 Å². The summed E-state index contributed by atoms with van der Waals surface area (Å²) in [6, 6.07) is 2.49. The van der Waals surface area contributed by atoms with Gasteiger partial charge in [-0.3, -0.25) is 14.9 Å². The Morgan fingerprint density at radius 1 is 1.44 bits per heavy atom. The van der Waals surface area contributed by atoms with E-state index in [0.717, 1.165) is 12.1 Å². The number of nitro groups is 1. The number of hydrogen-bond acceptors (Lipinski definition) is 4. The van der Waals surface area contributed by atoms with Gasteiger partial charge in [-0.2, -0.15) is 0 Å². The summed E-state index contributed by atoms with van der Waals surface area (Å²) in [4.78, 5) is 19.8. The summed E-state index contributed by atoms with van der Waals surface area (Å²) in [5, 5.41) is 19.0. The van der Waals surface area contributed by atoms with Crippen molar-refractivity contribution in [3.05, 3.63) is 33.9 Å². The quantitative estimate of drug-likeness (QED) is 0.665. The van der Waals surface area contributed by atoms with Crippen LogP contribution in [0, 0.1) is 10.1 Å². The molecule has 1 N–H and O–H groups in total. The number of benzene rings is 1. The number of rotatable bonds is 4. The van der Waals surface area contributed by atoms with Crippen LogP contribution in [-0.2, 0) is 11.2 Å². The smallest absolute Gasteiger partial charge is 0.481 e. The largest absolute Gasteiger partial charge is 0.573 e. The highest BCUT2D eigenvalue weighted by Crippen LogP contribution is 2.32. The first-order valence-corrected chi connectivity index (χ1v) is 4.44. The first-order valence-electron chi connectivity index (χ1n) is 4.44. The van der Waals surface area contributed by atoms with E-state index >= 15 is 0 Å². The zero-order valence-electron chi connectivity index (χ0n) is 8.60. The minimum Gasteiger partial charge on any atom is -0.481 e. The maximum atomic E-state index is 12.0. The van der Waals surface area contributed by atoms with Crippen molar-refractivity contribution in [3.8, 4) is 5.75 Å². The van der Waals surface area contributed by atoms with E-state index in [0.29, 0.717) is 6.07 Å². The van der Waals surface area contributed by atoms with Gasteiger partial charge in [-0.1, -0.05) is 6.07 Å². The molecule has 1 aromatic carbocycles. The van der Waals surface area contributed by atoms with Crippen LogP contribution < -0.4 is 4.74 Å². The lowest BCUT2D eigenvalue weighted by molar-refractivity contribution is -0.388. The summed E-state index contributed by atoms with van der Waals surface area (Å²) < 4.78 is 39.5. The second kappa shape index (κ2) is 4.90. The van der Waals surface area contributed by atoms with Crippen LogP contribution in [0.25, 0.3) is 0 Å². The van der Waals surface area contributed by atoms with Crippen LogP contribution in [-0.4, -0.2) is 22.4 Å². The SMILES string of the molecule is O=C(O)Cc1ccc([N+](=O)[O-])c(OC(F)(F)F)c1. The highest BCUT2D eigenvalue weighted by Gasteiger charge is 2.34. The fourth-order valence-corrected chi connectivity index (χ4v) is 1.20. The second-order valence-corrected chi connectivity index (χ2v) is 3.18. The summed E-state index contributed by atoms with van der Waals surface area (Å²) in [5.74, 6) is -2.31. The molecule has 0 aliphatic heterocycles. The van der Waals surface area contributed by atoms with Gasteiger partial charge < -0.3 is 9.84 Å². The van der Waals surface area contributed by atoms with Gasteiger partial charge in [0.15, 0.2) is 0 Å². The molecule has 6 nitrogen and oxygen atoms in total. The van der Waals surface area contributed by atoms with Crippen molar-refractivity contribution in [2.45, 2.75) is 12.8 Å². The van der Waals surface area contributed by atoms with Gasteiger partial charge in [0.25, 0.3) is 0 Å². The Morgan fingerprint density at radius 2 is 2.06 bits per heavy atom. The zero-order valence-corrected chi connectivity index (χ0v) is 8.60. The van der Waals surface area contributed by atoms with E-state index in [1.807, 2.05) is 0 Å². The predicted octanol–water partition coefficient (Wildman–Crippen LogP) is 2.12. The molecule has 98 valence electrons. The van der Waals surface area contributed by atoms with Crippen molar-refractivity contribution in [2.24, 2.45) is 0 Å². The number of alkyl halides is 3. The molecular weight excluding hydrogens is 259 g/mol. The highest BCUT2D eigenvalue weighted by molar-refractivity contribution is 5.70. The maximum Gasteiger partial charge on any atom is 0.573 e. The molecule has 0 radical (unpaired) electrons. The number of halogens is 3. The van der Waals surface area contributed by atoms with E-state index in [4.69, 9.17) is 5.11 Å². The van der Waals surface area contributed by atoms with Crippen LogP contribution in [0.4, 0.5) is 18.9 Å².